The van der Waals surface area contributed by atoms with Crippen LogP contribution in [0, 0.1) is 0 Å². The number of piperazine rings is 1. The van der Waals surface area contributed by atoms with E-state index >= 15 is 0 Å². The fourth-order valence-corrected chi connectivity index (χ4v) is 3.28. The van der Waals surface area contributed by atoms with Crippen molar-refractivity contribution >= 4 is 16.7 Å². The summed E-state index contributed by atoms with van der Waals surface area (Å²) in [4.78, 5) is 26.8. The molecule has 0 saturated carbocycles. The molecule has 1 saturated heterocycles. The van der Waals surface area contributed by atoms with Crippen molar-refractivity contribution in [3.8, 4) is 0 Å². The molecule has 0 unspecified atom stereocenters. The molecule has 0 amide bonds. The molecule has 3 aromatic rings. The van der Waals surface area contributed by atoms with E-state index in [1.807, 2.05) is 36.5 Å². The molecule has 1 aromatic carbocycles. The van der Waals surface area contributed by atoms with E-state index in [-0.39, 0.29) is 5.56 Å². The molecule has 0 spiro atoms. The van der Waals surface area contributed by atoms with E-state index in [0.29, 0.717) is 5.39 Å². The number of H-pyrrole nitrogens is 2. The van der Waals surface area contributed by atoms with E-state index in [0.717, 1.165) is 49.9 Å². The third-order valence-corrected chi connectivity index (χ3v) is 4.58. The van der Waals surface area contributed by atoms with Gasteiger partial charge in [0.15, 0.2) is 5.82 Å². The molecular formula is C18H21N5O+2. The van der Waals surface area contributed by atoms with Crippen molar-refractivity contribution in [2.45, 2.75) is 6.54 Å². The predicted octanol–water partition coefficient (Wildman–Crippen LogP) is -0.358. The van der Waals surface area contributed by atoms with Gasteiger partial charge in [0.1, 0.15) is 32.7 Å². The average molecular weight is 323 g/mol. The summed E-state index contributed by atoms with van der Waals surface area (Å²) in [6.07, 6.45) is 1.96. The summed E-state index contributed by atoms with van der Waals surface area (Å²) >= 11 is 0. The van der Waals surface area contributed by atoms with Gasteiger partial charge in [-0.15, -0.1) is 0 Å². The predicted molar refractivity (Wildman–Crippen MR) is 92.0 cm³/mol. The Morgan fingerprint density at radius 2 is 1.92 bits per heavy atom. The lowest BCUT2D eigenvalue weighted by Crippen LogP contribution is -3.13. The Hall–Kier alpha value is -2.73. The largest absolute Gasteiger partial charge is 0.322 e. The van der Waals surface area contributed by atoms with Crippen LogP contribution in [0.25, 0.3) is 10.9 Å². The summed E-state index contributed by atoms with van der Waals surface area (Å²) in [5.74, 6) is 1.93. The highest BCUT2D eigenvalue weighted by Crippen LogP contribution is 2.06. The molecule has 3 N–H and O–H groups in total. The van der Waals surface area contributed by atoms with E-state index in [1.165, 1.54) is 4.90 Å². The SMILES string of the molecule is O=c1[nH]c(C[NH+]2CCN(c3cccc[nH+]3)CC2)nc2ccccc12. The first-order valence-electron chi connectivity index (χ1n) is 8.33. The topological polar surface area (TPSA) is 67.6 Å². The number of anilines is 1. The van der Waals surface area contributed by atoms with Crippen LogP contribution in [0.2, 0.25) is 0 Å². The summed E-state index contributed by atoms with van der Waals surface area (Å²) < 4.78 is 0. The van der Waals surface area contributed by atoms with E-state index in [2.05, 4.69) is 32.0 Å². The number of hydrogen-bond acceptors (Lipinski definition) is 3. The van der Waals surface area contributed by atoms with Gasteiger partial charge in [0.25, 0.3) is 11.4 Å². The Morgan fingerprint density at radius 1 is 1.12 bits per heavy atom. The maximum Gasteiger partial charge on any atom is 0.274 e. The van der Waals surface area contributed by atoms with Gasteiger partial charge in [-0.3, -0.25) is 9.69 Å². The fraction of sp³-hybridized carbons (Fsp3) is 0.278. The zero-order valence-electron chi connectivity index (χ0n) is 13.5. The van der Waals surface area contributed by atoms with Gasteiger partial charge in [-0.05, 0) is 18.2 Å². The van der Waals surface area contributed by atoms with Gasteiger partial charge in [0.2, 0.25) is 0 Å². The Bertz CT molecular complexity index is 885. The highest BCUT2D eigenvalue weighted by Gasteiger charge is 2.26. The molecule has 1 aliphatic heterocycles. The molecule has 0 bridgehead atoms. The second-order valence-corrected chi connectivity index (χ2v) is 6.19. The summed E-state index contributed by atoms with van der Waals surface area (Å²) in [6.45, 7) is 4.80. The van der Waals surface area contributed by atoms with Gasteiger partial charge in [-0.1, -0.05) is 18.2 Å². The van der Waals surface area contributed by atoms with Gasteiger partial charge in [-0.25, -0.2) is 9.97 Å². The summed E-state index contributed by atoms with van der Waals surface area (Å²) in [5, 5.41) is 0.653. The average Bonchev–Trinajstić information content (AvgIpc) is 2.63. The molecular weight excluding hydrogens is 302 g/mol. The van der Waals surface area contributed by atoms with Crippen molar-refractivity contribution < 1.29 is 9.88 Å². The number of para-hydroxylation sites is 1. The van der Waals surface area contributed by atoms with Gasteiger partial charge in [0, 0.05) is 6.07 Å². The highest BCUT2D eigenvalue weighted by atomic mass is 16.1. The quantitative estimate of drug-likeness (QED) is 0.692. The fourth-order valence-electron chi connectivity index (χ4n) is 3.28. The summed E-state index contributed by atoms with van der Waals surface area (Å²) in [6, 6.07) is 13.6. The molecule has 2 aromatic heterocycles. The van der Waals surface area contributed by atoms with E-state index in [9.17, 15) is 4.79 Å². The van der Waals surface area contributed by atoms with Crippen molar-refractivity contribution in [2.24, 2.45) is 0 Å². The molecule has 6 nitrogen and oxygen atoms in total. The van der Waals surface area contributed by atoms with Crippen LogP contribution in [0.5, 0.6) is 0 Å². The van der Waals surface area contributed by atoms with Crippen molar-refractivity contribution in [3.63, 3.8) is 0 Å². The molecule has 0 atom stereocenters. The van der Waals surface area contributed by atoms with Crippen LogP contribution in [0.15, 0.2) is 53.5 Å². The Morgan fingerprint density at radius 3 is 2.71 bits per heavy atom. The lowest BCUT2D eigenvalue weighted by atomic mass is 10.2. The molecule has 4 rings (SSSR count). The first-order valence-corrected chi connectivity index (χ1v) is 8.33. The number of aromatic nitrogens is 3. The van der Waals surface area contributed by atoms with Crippen molar-refractivity contribution in [2.75, 3.05) is 31.1 Å². The van der Waals surface area contributed by atoms with Gasteiger partial charge >= 0.3 is 0 Å². The van der Waals surface area contributed by atoms with Gasteiger partial charge < -0.3 is 9.88 Å². The number of nitrogens with one attached hydrogen (secondary N) is 3. The summed E-state index contributed by atoms with van der Waals surface area (Å²) in [5.41, 5.74) is 0.723. The standard InChI is InChI=1S/C18H19N5O/c24-18-14-5-1-2-6-15(14)20-16(21-18)13-22-9-11-23(12-10-22)17-7-3-4-8-19-17/h1-8H,9-13H2,(H,20,21,24)/p+2. The number of aromatic amines is 2. The number of nitrogens with zero attached hydrogens (tertiary/aromatic N) is 2. The first kappa shape index (κ1) is 14.8. The minimum Gasteiger partial charge on any atom is -0.322 e. The lowest BCUT2D eigenvalue weighted by molar-refractivity contribution is -0.915. The van der Waals surface area contributed by atoms with Crippen LogP contribution >= 0.6 is 0 Å². The minimum atomic E-state index is -0.0486. The van der Waals surface area contributed by atoms with Crippen LogP contribution in [0.3, 0.4) is 0 Å². The van der Waals surface area contributed by atoms with E-state index < -0.39 is 0 Å². The maximum absolute atomic E-state index is 12.2. The normalized spacial score (nSPS) is 15.8. The number of fused-ring (bicyclic) bond motifs is 1. The zero-order valence-corrected chi connectivity index (χ0v) is 13.5. The van der Waals surface area contributed by atoms with Crippen molar-refractivity contribution in [1.29, 1.82) is 0 Å². The molecule has 1 fully saturated rings. The van der Waals surface area contributed by atoms with Crippen LogP contribution in [0.4, 0.5) is 5.82 Å². The van der Waals surface area contributed by atoms with Crippen LogP contribution in [-0.4, -0.2) is 36.1 Å². The molecule has 24 heavy (non-hydrogen) atoms. The number of rotatable bonds is 3. The number of benzene rings is 1. The third-order valence-electron chi connectivity index (χ3n) is 4.58. The van der Waals surface area contributed by atoms with Crippen molar-refractivity contribution in [1.82, 2.24) is 9.97 Å². The molecule has 0 aliphatic carbocycles. The van der Waals surface area contributed by atoms with Gasteiger partial charge in [0.05, 0.1) is 17.1 Å². The monoisotopic (exact) mass is 323 g/mol. The molecule has 0 radical (unpaired) electrons. The Balaban J connectivity index is 1.45. The van der Waals surface area contributed by atoms with Crippen molar-refractivity contribution in [3.05, 3.63) is 64.8 Å². The smallest absolute Gasteiger partial charge is 0.274 e. The second-order valence-electron chi connectivity index (χ2n) is 6.19. The van der Waals surface area contributed by atoms with Crippen LogP contribution in [0.1, 0.15) is 5.82 Å². The van der Waals surface area contributed by atoms with Crippen LogP contribution in [-0.2, 0) is 6.54 Å². The Labute approximate surface area is 139 Å². The minimum absolute atomic E-state index is 0.0486. The van der Waals surface area contributed by atoms with Crippen LogP contribution < -0.4 is 20.3 Å². The molecule has 122 valence electrons. The molecule has 3 heterocycles. The number of quaternary nitrogens is 1. The molecule has 6 heteroatoms. The van der Waals surface area contributed by atoms with Gasteiger partial charge in [-0.2, -0.15) is 0 Å². The number of hydrogen-bond donors (Lipinski definition) is 2. The summed E-state index contributed by atoms with van der Waals surface area (Å²) in [7, 11) is 0. The number of pyridine rings is 1. The second kappa shape index (κ2) is 6.41. The zero-order chi connectivity index (χ0) is 16.4. The lowest BCUT2D eigenvalue weighted by Gasteiger charge is -2.27. The van der Waals surface area contributed by atoms with E-state index in [1.54, 1.807) is 0 Å². The maximum atomic E-state index is 12.2. The first-order chi connectivity index (χ1) is 11.8. The highest BCUT2D eigenvalue weighted by molar-refractivity contribution is 5.77. The Kier molecular flexibility index (Phi) is 3.96. The molecule has 1 aliphatic rings. The van der Waals surface area contributed by atoms with E-state index in [4.69, 9.17) is 0 Å². The third kappa shape index (κ3) is 3.00.